The summed E-state index contributed by atoms with van der Waals surface area (Å²) in [6.45, 7) is 1.56. The lowest BCUT2D eigenvalue weighted by atomic mass is 10.2. The molecule has 0 N–H and O–H groups in total. The van der Waals surface area contributed by atoms with Crippen molar-refractivity contribution in [1.82, 2.24) is 9.80 Å². The predicted octanol–water partition coefficient (Wildman–Crippen LogP) is 0.569. The number of hydrogen-bond acceptors (Lipinski definition) is 6. The standard InChI is InChI=1S/C19H24N2O6/c1-20(13-17(22)21-8-10-26-11-9-21)18(23)14-27-19(24)7-6-15-4-3-5-16(12-15)25-2/h3-7,12H,8-11,13-14H2,1-2H3/b7-6+. The summed E-state index contributed by atoms with van der Waals surface area (Å²) in [6.07, 6.45) is 2.81. The van der Waals surface area contributed by atoms with Gasteiger partial charge in [0.1, 0.15) is 5.75 Å². The third kappa shape index (κ3) is 6.74. The van der Waals surface area contributed by atoms with Gasteiger partial charge >= 0.3 is 5.97 Å². The molecule has 1 aromatic carbocycles. The number of hydrogen-bond donors (Lipinski definition) is 0. The first kappa shape index (κ1) is 20.4. The highest BCUT2D eigenvalue weighted by Gasteiger charge is 2.20. The second kappa shape index (κ2) is 10.3. The second-order valence-corrected chi connectivity index (χ2v) is 5.96. The van der Waals surface area contributed by atoms with Crippen LogP contribution in [0.5, 0.6) is 5.75 Å². The number of ether oxygens (including phenoxy) is 3. The van der Waals surface area contributed by atoms with Gasteiger partial charge in [0, 0.05) is 26.2 Å². The summed E-state index contributed by atoms with van der Waals surface area (Å²) in [7, 11) is 3.06. The minimum Gasteiger partial charge on any atom is -0.497 e. The van der Waals surface area contributed by atoms with Crippen LogP contribution in [0.25, 0.3) is 6.08 Å². The van der Waals surface area contributed by atoms with Crippen molar-refractivity contribution in [3.8, 4) is 5.75 Å². The van der Waals surface area contributed by atoms with Crippen LogP contribution in [-0.2, 0) is 23.9 Å². The first-order valence-electron chi connectivity index (χ1n) is 8.58. The molecule has 0 atom stereocenters. The molecule has 2 rings (SSSR count). The molecule has 1 heterocycles. The van der Waals surface area contributed by atoms with Crippen molar-refractivity contribution >= 4 is 23.9 Å². The quantitative estimate of drug-likeness (QED) is 0.511. The lowest BCUT2D eigenvalue weighted by Gasteiger charge is -2.28. The fourth-order valence-corrected chi connectivity index (χ4v) is 2.40. The average molecular weight is 376 g/mol. The summed E-state index contributed by atoms with van der Waals surface area (Å²) in [5.41, 5.74) is 0.769. The molecule has 8 nitrogen and oxygen atoms in total. The van der Waals surface area contributed by atoms with Gasteiger partial charge < -0.3 is 24.0 Å². The van der Waals surface area contributed by atoms with E-state index >= 15 is 0 Å². The van der Waals surface area contributed by atoms with Gasteiger partial charge in [0.2, 0.25) is 5.91 Å². The van der Waals surface area contributed by atoms with E-state index in [9.17, 15) is 14.4 Å². The molecule has 0 aliphatic carbocycles. The second-order valence-electron chi connectivity index (χ2n) is 5.96. The molecule has 0 spiro atoms. The van der Waals surface area contributed by atoms with Crippen LogP contribution in [0.4, 0.5) is 0 Å². The third-order valence-electron chi connectivity index (χ3n) is 4.01. The first-order chi connectivity index (χ1) is 13.0. The van der Waals surface area contributed by atoms with Gasteiger partial charge in [-0.3, -0.25) is 9.59 Å². The van der Waals surface area contributed by atoms with E-state index in [-0.39, 0.29) is 12.5 Å². The van der Waals surface area contributed by atoms with Gasteiger partial charge in [0.05, 0.1) is 26.9 Å². The first-order valence-corrected chi connectivity index (χ1v) is 8.58. The van der Waals surface area contributed by atoms with Crippen molar-refractivity contribution in [2.75, 3.05) is 53.6 Å². The fraction of sp³-hybridized carbons (Fsp3) is 0.421. The van der Waals surface area contributed by atoms with Gasteiger partial charge in [0.15, 0.2) is 6.61 Å². The summed E-state index contributed by atoms with van der Waals surface area (Å²) < 4.78 is 15.2. The Kier molecular flexibility index (Phi) is 7.81. The lowest BCUT2D eigenvalue weighted by molar-refractivity contribution is -0.149. The molecule has 0 radical (unpaired) electrons. The molecule has 0 bridgehead atoms. The minimum absolute atomic E-state index is 0.0595. The number of benzene rings is 1. The van der Waals surface area contributed by atoms with Gasteiger partial charge in [-0.2, -0.15) is 0 Å². The Morgan fingerprint density at radius 2 is 2.00 bits per heavy atom. The summed E-state index contributed by atoms with van der Waals surface area (Å²) in [6, 6.07) is 7.17. The molecule has 1 fully saturated rings. The number of carbonyl (C=O) groups excluding carboxylic acids is 3. The number of morpholine rings is 1. The summed E-state index contributed by atoms with van der Waals surface area (Å²) in [5.74, 6) is -0.565. The average Bonchev–Trinajstić information content (AvgIpc) is 2.71. The Labute approximate surface area is 158 Å². The topological polar surface area (TPSA) is 85.4 Å². The van der Waals surface area contributed by atoms with Crippen LogP contribution in [0.15, 0.2) is 30.3 Å². The molecule has 0 aromatic heterocycles. The molecular formula is C19H24N2O6. The van der Waals surface area contributed by atoms with Crippen molar-refractivity contribution < 1.29 is 28.6 Å². The highest BCUT2D eigenvalue weighted by atomic mass is 16.5. The van der Waals surface area contributed by atoms with E-state index < -0.39 is 18.5 Å². The van der Waals surface area contributed by atoms with E-state index in [1.165, 1.54) is 18.0 Å². The van der Waals surface area contributed by atoms with Gasteiger partial charge in [-0.05, 0) is 23.8 Å². The van der Waals surface area contributed by atoms with Crippen LogP contribution < -0.4 is 4.74 Å². The summed E-state index contributed by atoms with van der Waals surface area (Å²) >= 11 is 0. The monoisotopic (exact) mass is 376 g/mol. The molecular weight excluding hydrogens is 352 g/mol. The molecule has 2 amide bonds. The molecule has 1 aliphatic heterocycles. The molecule has 8 heteroatoms. The maximum atomic E-state index is 12.1. The van der Waals surface area contributed by atoms with E-state index in [2.05, 4.69) is 0 Å². The van der Waals surface area contributed by atoms with Crippen molar-refractivity contribution in [2.45, 2.75) is 0 Å². The predicted molar refractivity (Wildman–Crippen MR) is 98.0 cm³/mol. The van der Waals surface area contributed by atoms with Crippen molar-refractivity contribution in [3.05, 3.63) is 35.9 Å². The van der Waals surface area contributed by atoms with Crippen molar-refractivity contribution in [2.24, 2.45) is 0 Å². The third-order valence-corrected chi connectivity index (χ3v) is 4.01. The number of carbonyl (C=O) groups is 3. The van der Waals surface area contributed by atoms with E-state index in [0.717, 1.165) is 5.56 Å². The Morgan fingerprint density at radius 3 is 2.70 bits per heavy atom. The number of amides is 2. The van der Waals surface area contributed by atoms with Crippen LogP contribution in [-0.4, -0.2) is 81.2 Å². The van der Waals surface area contributed by atoms with Crippen LogP contribution in [0.1, 0.15) is 5.56 Å². The molecule has 1 saturated heterocycles. The minimum atomic E-state index is -0.640. The largest absolute Gasteiger partial charge is 0.497 e. The van der Waals surface area contributed by atoms with Gasteiger partial charge in [-0.1, -0.05) is 12.1 Å². The number of likely N-dealkylation sites (N-methyl/N-ethyl adjacent to an activating group) is 1. The van der Waals surface area contributed by atoms with Crippen molar-refractivity contribution in [1.29, 1.82) is 0 Å². The van der Waals surface area contributed by atoms with Gasteiger partial charge in [0.25, 0.3) is 5.91 Å². The summed E-state index contributed by atoms with van der Waals surface area (Å²) in [5, 5.41) is 0. The van der Waals surface area contributed by atoms with Crippen LogP contribution in [0.2, 0.25) is 0 Å². The smallest absolute Gasteiger partial charge is 0.331 e. The Bertz CT molecular complexity index is 697. The van der Waals surface area contributed by atoms with Crippen LogP contribution >= 0.6 is 0 Å². The Hall–Kier alpha value is -2.87. The zero-order valence-electron chi connectivity index (χ0n) is 15.6. The van der Waals surface area contributed by atoms with E-state index in [1.807, 2.05) is 6.07 Å². The molecule has 0 unspecified atom stereocenters. The normalized spacial score (nSPS) is 14.1. The maximum Gasteiger partial charge on any atom is 0.331 e. The SMILES string of the molecule is COc1cccc(/C=C/C(=O)OCC(=O)N(C)CC(=O)N2CCOCC2)c1. The molecule has 146 valence electrons. The van der Waals surface area contributed by atoms with Crippen LogP contribution in [0.3, 0.4) is 0 Å². The molecule has 1 aliphatic rings. The maximum absolute atomic E-state index is 12.1. The molecule has 27 heavy (non-hydrogen) atoms. The number of methoxy groups -OCH3 is 1. The molecule has 0 saturated carbocycles. The number of esters is 1. The fourth-order valence-electron chi connectivity index (χ4n) is 2.40. The Balaban J connectivity index is 1.75. The van der Waals surface area contributed by atoms with Gasteiger partial charge in [-0.25, -0.2) is 4.79 Å². The highest BCUT2D eigenvalue weighted by molar-refractivity contribution is 5.90. The van der Waals surface area contributed by atoms with E-state index in [4.69, 9.17) is 14.2 Å². The van der Waals surface area contributed by atoms with Crippen molar-refractivity contribution in [3.63, 3.8) is 0 Å². The van der Waals surface area contributed by atoms with E-state index in [1.54, 1.807) is 36.3 Å². The highest BCUT2D eigenvalue weighted by Crippen LogP contribution is 2.13. The summed E-state index contributed by atoms with van der Waals surface area (Å²) in [4.78, 5) is 38.8. The van der Waals surface area contributed by atoms with E-state index in [0.29, 0.717) is 32.1 Å². The van der Waals surface area contributed by atoms with Crippen LogP contribution in [0, 0.1) is 0 Å². The number of rotatable bonds is 7. The Morgan fingerprint density at radius 1 is 1.26 bits per heavy atom. The zero-order valence-corrected chi connectivity index (χ0v) is 15.6. The zero-order chi connectivity index (χ0) is 19.6. The number of nitrogens with zero attached hydrogens (tertiary/aromatic N) is 2. The van der Waals surface area contributed by atoms with Gasteiger partial charge in [-0.15, -0.1) is 0 Å². The lowest BCUT2D eigenvalue weighted by Crippen LogP contribution is -2.46. The molecule has 1 aromatic rings.